The fourth-order valence-electron chi connectivity index (χ4n) is 3.99. The molecule has 1 saturated heterocycles. The highest BCUT2D eigenvalue weighted by molar-refractivity contribution is 14.0. The van der Waals surface area contributed by atoms with E-state index in [4.69, 9.17) is 5.73 Å². The molecule has 29 heavy (non-hydrogen) atoms. The predicted molar refractivity (Wildman–Crippen MR) is 131 cm³/mol. The van der Waals surface area contributed by atoms with Crippen LogP contribution in [-0.2, 0) is 19.4 Å². The van der Waals surface area contributed by atoms with E-state index >= 15 is 0 Å². The van der Waals surface area contributed by atoms with Gasteiger partial charge in [0.1, 0.15) is 5.82 Å². The van der Waals surface area contributed by atoms with Gasteiger partial charge in [0.15, 0.2) is 5.96 Å². The van der Waals surface area contributed by atoms with Crippen LogP contribution in [-0.4, -0.2) is 49.1 Å². The van der Waals surface area contributed by atoms with Gasteiger partial charge in [0.2, 0.25) is 0 Å². The van der Waals surface area contributed by atoms with Crippen molar-refractivity contribution in [2.75, 3.05) is 43.4 Å². The van der Waals surface area contributed by atoms with Crippen molar-refractivity contribution in [2.24, 2.45) is 10.7 Å². The van der Waals surface area contributed by atoms with Gasteiger partial charge in [0.25, 0.3) is 0 Å². The summed E-state index contributed by atoms with van der Waals surface area (Å²) in [6, 6.07) is 10.6. The van der Waals surface area contributed by atoms with Gasteiger partial charge >= 0.3 is 0 Å². The maximum Gasteiger partial charge on any atom is 0.193 e. The number of pyridine rings is 1. The molecule has 0 spiro atoms. The molecule has 6 nitrogen and oxygen atoms in total. The number of nitrogens with zero attached hydrogens (tertiary/aromatic N) is 4. The van der Waals surface area contributed by atoms with Crippen molar-refractivity contribution in [3.05, 3.63) is 53.2 Å². The first kappa shape index (κ1) is 21.8. The van der Waals surface area contributed by atoms with E-state index in [2.05, 4.69) is 62.5 Å². The van der Waals surface area contributed by atoms with Crippen LogP contribution >= 0.6 is 24.0 Å². The number of rotatable bonds is 4. The van der Waals surface area contributed by atoms with Crippen LogP contribution in [0.4, 0.5) is 11.5 Å². The van der Waals surface area contributed by atoms with E-state index in [1.54, 1.807) is 0 Å². The fourth-order valence-corrected chi connectivity index (χ4v) is 3.99. The van der Waals surface area contributed by atoms with Crippen LogP contribution in [0.2, 0.25) is 0 Å². The molecule has 1 aromatic carbocycles. The van der Waals surface area contributed by atoms with Gasteiger partial charge in [0, 0.05) is 38.1 Å². The van der Waals surface area contributed by atoms with Crippen LogP contribution in [0.3, 0.4) is 0 Å². The third-order valence-electron chi connectivity index (χ3n) is 5.73. The number of nitrogens with one attached hydrogen (secondary N) is 1. The third-order valence-corrected chi connectivity index (χ3v) is 5.73. The van der Waals surface area contributed by atoms with Crippen LogP contribution in [0.5, 0.6) is 0 Å². The second-order valence-corrected chi connectivity index (χ2v) is 7.79. The monoisotopic (exact) mass is 506 g/mol. The highest BCUT2D eigenvalue weighted by Crippen LogP contribution is 2.27. The molecule has 156 valence electrons. The van der Waals surface area contributed by atoms with Crippen LogP contribution in [0.1, 0.15) is 29.5 Å². The molecule has 0 radical (unpaired) electrons. The highest BCUT2D eigenvalue weighted by atomic mass is 127. The van der Waals surface area contributed by atoms with Gasteiger partial charge in [-0.1, -0.05) is 18.2 Å². The molecule has 2 heterocycles. The van der Waals surface area contributed by atoms with Gasteiger partial charge in [-0.2, -0.15) is 0 Å². The molecule has 2 aromatic rings. The van der Waals surface area contributed by atoms with Crippen LogP contribution in [0.15, 0.2) is 41.5 Å². The molecule has 4 rings (SSSR count). The Kier molecular flexibility index (Phi) is 7.71. The summed E-state index contributed by atoms with van der Waals surface area (Å²) in [5.74, 6) is 1.50. The maximum atomic E-state index is 6.15. The van der Waals surface area contributed by atoms with E-state index in [0.29, 0.717) is 12.5 Å². The number of hydrogen-bond donors (Lipinski definition) is 2. The van der Waals surface area contributed by atoms with E-state index in [1.165, 1.54) is 24.0 Å². The molecule has 0 amide bonds. The van der Waals surface area contributed by atoms with E-state index in [0.717, 1.165) is 56.1 Å². The Morgan fingerprint density at radius 2 is 1.90 bits per heavy atom. The Morgan fingerprint density at radius 3 is 2.66 bits per heavy atom. The quantitative estimate of drug-likeness (QED) is 0.379. The number of benzene rings is 1. The van der Waals surface area contributed by atoms with Crippen LogP contribution < -0.4 is 16.0 Å². The third kappa shape index (κ3) is 5.60. The average Bonchev–Trinajstić information content (AvgIpc) is 2.74. The average molecular weight is 506 g/mol. The summed E-state index contributed by atoms with van der Waals surface area (Å²) in [7, 11) is 2.16. The van der Waals surface area contributed by atoms with Gasteiger partial charge in [-0.3, -0.25) is 0 Å². The summed E-state index contributed by atoms with van der Waals surface area (Å²) < 4.78 is 0. The smallest absolute Gasteiger partial charge is 0.193 e. The first-order valence-electron chi connectivity index (χ1n) is 10.3. The summed E-state index contributed by atoms with van der Waals surface area (Å²) >= 11 is 0. The molecule has 0 saturated carbocycles. The molecular weight excluding hydrogens is 475 g/mol. The standard InChI is InChI=1S/C22H30N6.HI/c1-27-11-13-28(14-12-27)21-10-9-17(15-24-21)16-25-22(23)26-20-8-4-6-18-5-2-3-7-19(18)20;/h4,6,8-10,15H,2-3,5,7,11-14,16H2,1H3,(H3,23,25,26);1H. The highest BCUT2D eigenvalue weighted by Gasteiger charge is 2.15. The zero-order valence-corrected chi connectivity index (χ0v) is 19.4. The molecule has 3 N–H and O–H groups in total. The van der Waals surface area contributed by atoms with Gasteiger partial charge in [-0.25, -0.2) is 9.98 Å². The summed E-state index contributed by atoms with van der Waals surface area (Å²) in [4.78, 5) is 13.8. The summed E-state index contributed by atoms with van der Waals surface area (Å²) in [5.41, 5.74) is 11.1. The molecular formula is C22H31IN6. The number of piperazine rings is 1. The molecule has 0 bridgehead atoms. The van der Waals surface area contributed by atoms with Crippen molar-refractivity contribution in [3.8, 4) is 0 Å². The SMILES string of the molecule is CN1CCN(c2ccc(CN=C(N)Nc3cccc4c3CCCC4)cn2)CC1.I. The number of guanidine groups is 1. The number of aromatic nitrogens is 1. The van der Waals surface area contributed by atoms with Crippen molar-refractivity contribution in [3.63, 3.8) is 0 Å². The number of aliphatic imine (C=N–C) groups is 1. The molecule has 0 unspecified atom stereocenters. The first-order valence-corrected chi connectivity index (χ1v) is 10.3. The lowest BCUT2D eigenvalue weighted by Gasteiger charge is -2.33. The summed E-state index contributed by atoms with van der Waals surface area (Å²) in [6.07, 6.45) is 6.71. The van der Waals surface area contributed by atoms with Gasteiger partial charge in [-0.15, -0.1) is 24.0 Å². The number of anilines is 2. The molecule has 1 aliphatic heterocycles. The van der Waals surface area contributed by atoms with Crippen molar-refractivity contribution in [1.82, 2.24) is 9.88 Å². The largest absolute Gasteiger partial charge is 0.370 e. The number of likely N-dealkylation sites (N-methyl/N-ethyl adjacent to an activating group) is 1. The molecule has 1 aliphatic carbocycles. The number of hydrogen-bond acceptors (Lipinski definition) is 4. The van der Waals surface area contributed by atoms with Crippen molar-refractivity contribution in [2.45, 2.75) is 32.2 Å². The Hall–Kier alpha value is -1.87. The Balaban J connectivity index is 0.00000240. The van der Waals surface area contributed by atoms with Crippen LogP contribution in [0, 0.1) is 0 Å². The molecule has 1 aromatic heterocycles. The van der Waals surface area contributed by atoms with Crippen molar-refractivity contribution < 1.29 is 0 Å². The lowest BCUT2D eigenvalue weighted by molar-refractivity contribution is 0.312. The number of halogens is 1. The maximum absolute atomic E-state index is 6.15. The molecule has 0 atom stereocenters. The van der Waals surface area contributed by atoms with Gasteiger partial charge < -0.3 is 20.9 Å². The number of aryl methyl sites for hydroxylation is 1. The minimum absolute atomic E-state index is 0. The first-order chi connectivity index (χ1) is 13.7. The van der Waals surface area contributed by atoms with Crippen molar-refractivity contribution >= 4 is 41.4 Å². The van der Waals surface area contributed by atoms with E-state index in [9.17, 15) is 0 Å². The van der Waals surface area contributed by atoms with Gasteiger partial charge in [-0.05, 0) is 61.6 Å². The van der Waals surface area contributed by atoms with Crippen molar-refractivity contribution in [1.29, 1.82) is 0 Å². The van der Waals surface area contributed by atoms with Gasteiger partial charge in [0.05, 0.1) is 6.54 Å². The molecule has 7 heteroatoms. The second kappa shape index (κ2) is 10.2. The zero-order chi connectivity index (χ0) is 19.3. The summed E-state index contributed by atoms with van der Waals surface area (Å²) in [6.45, 7) is 4.75. The van der Waals surface area contributed by atoms with E-state index in [1.807, 2.05) is 6.20 Å². The van der Waals surface area contributed by atoms with Crippen LogP contribution in [0.25, 0.3) is 0 Å². The number of fused-ring (bicyclic) bond motifs is 1. The Labute approximate surface area is 190 Å². The molecule has 1 fully saturated rings. The minimum atomic E-state index is 0. The minimum Gasteiger partial charge on any atom is -0.370 e. The second-order valence-electron chi connectivity index (χ2n) is 7.79. The zero-order valence-electron chi connectivity index (χ0n) is 17.1. The lowest BCUT2D eigenvalue weighted by atomic mass is 9.90. The predicted octanol–water partition coefficient (Wildman–Crippen LogP) is 3.26. The van der Waals surface area contributed by atoms with E-state index < -0.39 is 0 Å². The normalized spacial score (nSPS) is 17.4. The number of nitrogens with two attached hydrogens (primary N) is 1. The Bertz CT molecular complexity index is 828. The summed E-state index contributed by atoms with van der Waals surface area (Å²) in [5, 5.41) is 3.30. The topological polar surface area (TPSA) is 69.8 Å². The Morgan fingerprint density at radius 1 is 1.10 bits per heavy atom. The fraction of sp³-hybridized carbons (Fsp3) is 0.455. The van der Waals surface area contributed by atoms with E-state index in [-0.39, 0.29) is 24.0 Å². The lowest BCUT2D eigenvalue weighted by Crippen LogP contribution is -2.44. The molecule has 2 aliphatic rings.